The molecule has 0 spiro atoms. The number of aromatic nitrogens is 1. The van der Waals surface area contributed by atoms with Crippen molar-refractivity contribution in [2.45, 2.75) is 130 Å². The van der Waals surface area contributed by atoms with E-state index in [2.05, 4.69) is 19.5 Å². The highest BCUT2D eigenvalue weighted by Gasteiger charge is 2.24. The lowest BCUT2D eigenvalue weighted by molar-refractivity contribution is -0.143. The molecule has 0 amide bonds. The Morgan fingerprint density at radius 3 is 1.71 bits per heavy atom. The Labute approximate surface area is 428 Å². The molecule has 0 saturated heterocycles. The predicted octanol–water partition coefficient (Wildman–Crippen LogP) is 9.90. The second-order valence-electron chi connectivity index (χ2n) is 16.3. The van der Waals surface area contributed by atoms with Gasteiger partial charge in [0.25, 0.3) is 0 Å². The fourth-order valence-corrected chi connectivity index (χ4v) is 6.66. The second kappa shape index (κ2) is 32.8. The van der Waals surface area contributed by atoms with Crippen molar-refractivity contribution in [3.05, 3.63) is 81.5 Å². The number of pyridine rings is 1. The van der Waals surface area contributed by atoms with Crippen LogP contribution in [0.3, 0.4) is 0 Å². The average molecular weight is 1020 g/mol. The summed E-state index contributed by atoms with van der Waals surface area (Å²) in [5, 5.41) is 15.7. The average Bonchev–Trinajstić information content (AvgIpc) is 3.30. The van der Waals surface area contributed by atoms with Crippen molar-refractivity contribution in [1.82, 2.24) is 4.98 Å². The number of carbonyl (C=O) groups is 3. The summed E-state index contributed by atoms with van der Waals surface area (Å²) in [6, 6.07) is 17.7. The van der Waals surface area contributed by atoms with Crippen LogP contribution in [0.4, 0.5) is 11.4 Å². The number of halogens is 1. The molecule has 3 fully saturated rings. The lowest BCUT2D eigenvalue weighted by atomic mass is 9.96. The molecule has 394 valence electrons. The van der Waals surface area contributed by atoms with Gasteiger partial charge >= 0.3 is 17.9 Å². The van der Waals surface area contributed by atoms with Crippen molar-refractivity contribution in [3.8, 4) is 29.2 Å². The van der Waals surface area contributed by atoms with E-state index in [1.807, 2.05) is 63.2 Å². The molecule has 72 heavy (non-hydrogen) atoms. The molecule has 18 nitrogen and oxygen atoms in total. The topological polar surface area (TPSA) is 253 Å². The van der Waals surface area contributed by atoms with E-state index < -0.39 is 5.97 Å². The van der Waals surface area contributed by atoms with Crippen LogP contribution < -0.4 is 30.1 Å². The number of ether oxygens (including phenoxy) is 9. The lowest BCUT2D eigenvalue weighted by Gasteiger charge is -2.26. The van der Waals surface area contributed by atoms with Gasteiger partial charge in [-0.1, -0.05) is 12.1 Å². The number of aryl methyl sites for hydroxylation is 1. The molecule has 3 aromatic carbocycles. The molecule has 3 aliphatic carbocycles. The number of carbonyl (C=O) groups excluding carboxylic acids is 3. The van der Waals surface area contributed by atoms with E-state index in [9.17, 15) is 19.2 Å². The molecule has 3 saturated carbocycles. The SMILES string of the molecule is CCOC(=O)C#N.CCOC(=O)CC(=N)OC1CCC1.CCOC(=O)CC(=Nc1cccc(OC)c1C)OC1CCC1.COc1ccc2c(=O)cc(OC3CCC3)[nH]c2c1C.COc1cccc(N)c1C.Cl. The van der Waals surface area contributed by atoms with Gasteiger partial charge in [0.1, 0.15) is 48.4 Å². The molecule has 0 atom stereocenters. The minimum absolute atomic E-state index is 0. The van der Waals surface area contributed by atoms with Crippen LogP contribution in [0.2, 0.25) is 0 Å². The van der Waals surface area contributed by atoms with Gasteiger partial charge < -0.3 is 53.3 Å². The maximum absolute atomic E-state index is 12.1. The molecule has 3 aliphatic rings. The fourth-order valence-electron chi connectivity index (χ4n) is 6.66. The van der Waals surface area contributed by atoms with Gasteiger partial charge in [-0.3, -0.25) is 19.8 Å². The summed E-state index contributed by atoms with van der Waals surface area (Å²) in [4.78, 5) is 52.3. The second-order valence-corrected chi connectivity index (χ2v) is 16.3. The number of nitrogens with one attached hydrogen (secondary N) is 2. The largest absolute Gasteiger partial charge is 0.496 e. The number of fused-ring (bicyclic) bond motifs is 1. The van der Waals surface area contributed by atoms with Crippen molar-refractivity contribution < 1.29 is 57.0 Å². The third-order valence-corrected chi connectivity index (χ3v) is 11.3. The van der Waals surface area contributed by atoms with Crippen LogP contribution in [0.25, 0.3) is 10.9 Å². The highest BCUT2D eigenvalue weighted by molar-refractivity contribution is 5.96. The third-order valence-electron chi connectivity index (χ3n) is 11.3. The van der Waals surface area contributed by atoms with E-state index in [0.29, 0.717) is 30.4 Å². The molecule has 19 heteroatoms. The van der Waals surface area contributed by atoms with Gasteiger partial charge in [0.2, 0.25) is 0 Å². The zero-order valence-electron chi connectivity index (χ0n) is 43.0. The Morgan fingerprint density at radius 2 is 1.22 bits per heavy atom. The van der Waals surface area contributed by atoms with E-state index in [0.717, 1.165) is 102 Å². The number of aromatic amines is 1. The molecule has 4 N–H and O–H groups in total. The van der Waals surface area contributed by atoms with Crippen LogP contribution in [-0.2, 0) is 38.1 Å². The number of hydrogen-bond donors (Lipinski definition) is 3. The summed E-state index contributed by atoms with van der Waals surface area (Å²) < 4.78 is 46.3. The highest BCUT2D eigenvalue weighted by atomic mass is 35.5. The van der Waals surface area contributed by atoms with Crippen LogP contribution in [0.5, 0.6) is 23.1 Å². The van der Waals surface area contributed by atoms with Crippen LogP contribution in [0.1, 0.15) is 108 Å². The number of benzene rings is 3. The van der Waals surface area contributed by atoms with E-state index in [-0.39, 0.29) is 73.4 Å². The molecule has 0 aliphatic heterocycles. The zero-order chi connectivity index (χ0) is 52.3. The minimum atomic E-state index is -0.817. The van der Waals surface area contributed by atoms with Crippen LogP contribution >= 0.6 is 12.4 Å². The van der Waals surface area contributed by atoms with Gasteiger partial charge in [0.15, 0.2) is 29.2 Å². The van der Waals surface area contributed by atoms with Crippen molar-refractivity contribution in [2.75, 3.05) is 46.9 Å². The van der Waals surface area contributed by atoms with Crippen LogP contribution in [-0.4, -0.2) is 94.1 Å². The quantitative estimate of drug-likeness (QED) is 0.0250. The maximum atomic E-state index is 12.1. The van der Waals surface area contributed by atoms with E-state index in [4.69, 9.17) is 49.6 Å². The van der Waals surface area contributed by atoms with Gasteiger partial charge in [0.05, 0.1) is 52.4 Å². The molecule has 1 heterocycles. The van der Waals surface area contributed by atoms with E-state index >= 15 is 0 Å². The van der Waals surface area contributed by atoms with Gasteiger partial charge in [-0.15, -0.1) is 12.4 Å². The highest BCUT2D eigenvalue weighted by Crippen LogP contribution is 2.31. The Balaban J connectivity index is 0.000000324. The maximum Gasteiger partial charge on any atom is 0.411 e. The first-order valence-corrected chi connectivity index (χ1v) is 23.9. The summed E-state index contributed by atoms with van der Waals surface area (Å²) >= 11 is 0. The summed E-state index contributed by atoms with van der Waals surface area (Å²) in [7, 11) is 4.89. The Bertz CT molecular complexity index is 2500. The van der Waals surface area contributed by atoms with Crippen molar-refractivity contribution in [3.63, 3.8) is 0 Å². The minimum Gasteiger partial charge on any atom is -0.496 e. The number of nitrogen functional groups attached to an aromatic ring is 1. The van der Waals surface area contributed by atoms with Gasteiger partial charge in [0, 0.05) is 33.8 Å². The number of methoxy groups -OCH3 is 3. The first-order chi connectivity index (χ1) is 34.1. The number of nitrogens with zero attached hydrogens (tertiary/aromatic N) is 2. The summed E-state index contributed by atoms with van der Waals surface area (Å²) in [5.41, 5.74) is 10.8. The smallest absolute Gasteiger partial charge is 0.411 e. The van der Waals surface area contributed by atoms with Gasteiger partial charge in [-0.05, 0) is 136 Å². The monoisotopic (exact) mass is 1020 g/mol. The van der Waals surface area contributed by atoms with Crippen LogP contribution in [0, 0.1) is 37.5 Å². The molecular formula is C53H72ClN5O13. The van der Waals surface area contributed by atoms with E-state index in [1.54, 1.807) is 48.2 Å². The van der Waals surface area contributed by atoms with E-state index in [1.165, 1.54) is 18.6 Å². The van der Waals surface area contributed by atoms with Crippen LogP contribution in [0.15, 0.2) is 64.4 Å². The lowest BCUT2D eigenvalue weighted by Crippen LogP contribution is -2.26. The van der Waals surface area contributed by atoms with Crippen molar-refractivity contribution in [2.24, 2.45) is 4.99 Å². The zero-order valence-corrected chi connectivity index (χ0v) is 43.8. The summed E-state index contributed by atoms with van der Waals surface area (Å²) in [5.74, 6) is 1.86. The number of rotatable bonds is 15. The fraction of sp³-hybridized carbons (Fsp3) is 0.491. The number of H-pyrrole nitrogens is 1. The standard InChI is InChI=1S/C17H23NO4.C15H17NO3.C9H15NO3.C8H11NO.C4H5NO2.ClH/c1-4-21-17(19)11-16(22-13-7-5-8-13)18-14-9-6-10-15(20-3)12(14)2;1-9-13(18-2)7-6-11-12(17)8-14(16-15(9)11)19-10-4-3-5-10;1-2-12-9(11)6-8(10)13-7-4-3-5-7;1-6-7(9)4-3-5-8(6)10-2;1-2-7-4(6)3-5;/h6,9-10,13H,4-5,7-8,11H2,1-3H3;6-8,10H,3-5H2,1-2H3,(H,16,17);7,10H,2-6H2,1H3;3-5H,9H2,1-2H3;2H2,1H3;1H. The molecular weight excluding hydrogens is 950 g/mol. The predicted molar refractivity (Wildman–Crippen MR) is 278 cm³/mol. The third kappa shape index (κ3) is 20.4. The first-order valence-electron chi connectivity index (χ1n) is 23.9. The molecule has 1 aromatic heterocycles. The molecule has 0 radical (unpaired) electrons. The van der Waals surface area contributed by atoms with Gasteiger partial charge in [-0.25, -0.2) is 9.79 Å². The van der Waals surface area contributed by atoms with Gasteiger partial charge in [-0.2, -0.15) is 5.26 Å². The number of esters is 3. The Hall–Kier alpha value is -7.00. The summed E-state index contributed by atoms with van der Waals surface area (Å²) in [6.45, 7) is 12.0. The molecule has 4 aromatic rings. The number of aliphatic imine (C=N–C) groups is 1. The van der Waals surface area contributed by atoms with Crippen molar-refractivity contribution >= 4 is 64.4 Å². The summed E-state index contributed by atoms with van der Waals surface area (Å²) in [6.07, 6.45) is 10.3. The number of hydrogen-bond acceptors (Lipinski definition) is 17. The number of anilines is 1. The number of nitrogens with two attached hydrogens (primary N) is 1. The molecule has 0 unspecified atom stereocenters. The Kier molecular flexibility index (Phi) is 27.8. The molecule has 0 bridgehead atoms. The Morgan fingerprint density at radius 1 is 0.708 bits per heavy atom. The normalized spacial score (nSPS) is 13.5. The molecule has 7 rings (SSSR count). The number of nitriles is 1. The van der Waals surface area contributed by atoms with Crippen molar-refractivity contribution in [1.29, 1.82) is 10.7 Å². The first kappa shape index (κ1) is 61.1.